The summed E-state index contributed by atoms with van der Waals surface area (Å²) >= 11 is 1.54. The molecule has 1 saturated heterocycles. The molecule has 0 spiro atoms. The number of hydrogen-bond donors (Lipinski definition) is 3. The molecule has 1 atom stereocenters. The van der Waals surface area contributed by atoms with Gasteiger partial charge in [0.1, 0.15) is 0 Å². The molecule has 0 aliphatic carbocycles. The molecule has 1 aromatic heterocycles. The van der Waals surface area contributed by atoms with E-state index >= 15 is 0 Å². The van der Waals surface area contributed by atoms with E-state index in [0.717, 1.165) is 51.3 Å². The summed E-state index contributed by atoms with van der Waals surface area (Å²) in [4.78, 5) is 20.4. The first-order chi connectivity index (χ1) is 17.1. The number of carbonyl (C=O) groups excluding carboxylic acids is 1. The van der Waals surface area contributed by atoms with Gasteiger partial charge < -0.3 is 21.3 Å². The van der Waals surface area contributed by atoms with Crippen molar-refractivity contribution in [2.24, 2.45) is 10.7 Å². The van der Waals surface area contributed by atoms with Gasteiger partial charge in [-0.2, -0.15) is 0 Å². The number of rotatable bonds is 4. The molecule has 0 radical (unpaired) electrons. The topological polar surface area (TPSA) is 82.8 Å². The Morgan fingerprint density at radius 2 is 1.94 bits per heavy atom. The van der Waals surface area contributed by atoms with Crippen LogP contribution >= 0.6 is 11.3 Å². The summed E-state index contributed by atoms with van der Waals surface area (Å²) in [7, 11) is 0. The predicted molar refractivity (Wildman–Crippen MR) is 144 cm³/mol. The van der Waals surface area contributed by atoms with E-state index in [0.29, 0.717) is 19.0 Å². The molecule has 0 bridgehead atoms. The maximum absolute atomic E-state index is 13.0. The van der Waals surface area contributed by atoms with Crippen LogP contribution in [0.2, 0.25) is 0 Å². The number of thiophene rings is 1. The van der Waals surface area contributed by atoms with Crippen molar-refractivity contribution in [1.82, 2.24) is 4.90 Å². The largest absolute Gasteiger partial charge is 0.336 e. The number of nitrogens with two attached hydrogens (primary N) is 1. The van der Waals surface area contributed by atoms with Gasteiger partial charge in [0.05, 0.1) is 17.1 Å². The van der Waals surface area contributed by atoms with Crippen LogP contribution in [0, 0.1) is 0 Å². The highest BCUT2D eigenvalue weighted by atomic mass is 32.1. The molecule has 4 aromatic rings. The van der Waals surface area contributed by atoms with Gasteiger partial charge in [0.25, 0.3) is 5.91 Å². The fourth-order valence-corrected chi connectivity index (χ4v) is 5.83. The molecule has 1 unspecified atom stereocenters. The van der Waals surface area contributed by atoms with Crippen molar-refractivity contribution in [1.29, 1.82) is 0 Å². The van der Waals surface area contributed by atoms with Crippen molar-refractivity contribution in [3.8, 4) is 0 Å². The van der Waals surface area contributed by atoms with Crippen LogP contribution in [0.3, 0.4) is 0 Å². The van der Waals surface area contributed by atoms with Crippen molar-refractivity contribution in [2.75, 3.05) is 23.7 Å². The highest BCUT2D eigenvalue weighted by Crippen LogP contribution is 2.36. The van der Waals surface area contributed by atoms with Crippen LogP contribution < -0.4 is 16.4 Å². The minimum atomic E-state index is 0.0750. The molecule has 3 heterocycles. The monoisotopic (exact) mass is 481 g/mol. The van der Waals surface area contributed by atoms with Crippen molar-refractivity contribution >= 4 is 44.7 Å². The molecule has 1 fully saturated rings. The molecule has 2 aliphatic heterocycles. The summed E-state index contributed by atoms with van der Waals surface area (Å²) in [5.74, 6) is 0.789. The van der Waals surface area contributed by atoms with Crippen LogP contribution in [-0.4, -0.2) is 35.9 Å². The Morgan fingerprint density at radius 3 is 2.77 bits per heavy atom. The molecule has 1 amide bonds. The summed E-state index contributed by atoms with van der Waals surface area (Å²) in [5.41, 5.74) is 11.7. The molecule has 2 aliphatic rings. The van der Waals surface area contributed by atoms with Gasteiger partial charge in [0.2, 0.25) is 5.96 Å². The van der Waals surface area contributed by atoms with Crippen molar-refractivity contribution in [3.05, 3.63) is 94.4 Å². The van der Waals surface area contributed by atoms with E-state index in [9.17, 15) is 4.79 Å². The number of aliphatic imine (C=N–C) groups is 1. The first-order valence-electron chi connectivity index (χ1n) is 11.9. The molecule has 35 heavy (non-hydrogen) atoms. The van der Waals surface area contributed by atoms with E-state index in [1.165, 1.54) is 11.1 Å². The lowest BCUT2D eigenvalue weighted by Crippen LogP contribution is -2.31. The average Bonchev–Trinajstić information content (AvgIpc) is 3.51. The number of likely N-dealkylation sites (tertiary alicyclic amines) is 1. The van der Waals surface area contributed by atoms with Gasteiger partial charge in [-0.1, -0.05) is 48.5 Å². The third-order valence-electron chi connectivity index (χ3n) is 6.60. The number of anilines is 2. The van der Waals surface area contributed by atoms with Crippen LogP contribution in [0.5, 0.6) is 0 Å². The van der Waals surface area contributed by atoms with Crippen LogP contribution in [-0.2, 0) is 13.0 Å². The van der Waals surface area contributed by atoms with Crippen LogP contribution in [0.1, 0.15) is 32.8 Å². The Kier molecular flexibility index (Phi) is 5.72. The van der Waals surface area contributed by atoms with Crippen molar-refractivity contribution in [2.45, 2.75) is 25.4 Å². The third-order valence-corrected chi connectivity index (χ3v) is 7.69. The summed E-state index contributed by atoms with van der Waals surface area (Å²) in [6, 6.07) is 25.2. The Hall–Kier alpha value is -3.68. The first-order valence-corrected chi connectivity index (χ1v) is 12.8. The van der Waals surface area contributed by atoms with Crippen molar-refractivity contribution in [3.63, 3.8) is 0 Å². The molecule has 176 valence electrons. The SMILES string of the molecule is NC1CCN(C(=O)c2cc3c4c(ccc3s2)CN=C(Nc2cccc(Cc3ccccc3)c2)N4)C1. The smallest absolute Gasteiger partial charge is 0.264 e. The molecule has 0 saturated carbocycles. The van der Waals surface area contributed by atoms with Gasteiger partial charge >= 0.3 is 0 Å². The molecule has 6 rings (SSSR count). The zero-order valence-corrected chi connectivity index (χ0v) is 20.1. The summed E-state index contributed by atoms with van der Waals surface area (Å²) in [5, 5.41) is 7.99. The lowest BCUT2D eigenvalue weighted by Gasteiger charge is -2.20. The molecule has 3 aromatic carbocycles. The van der Waals surface area contributed by atoms with Gasteiger partial charge in [-0.15, -0.1) is 11.3 Å². The number of nitrogens with one attached hydrogen (secondary N) is 2. The second kappa shape index (κ2) is 9.17. The lowest BCUT2D eigenvalue weighted by molar-refractivity contribution is 0.0795. The number of fused-ring (bicyclic) bond motifs is 3. The fourth-order valence-electron chi connectivity index (χ4n) is 4.79. The summed E-state index contributed by atoms with van der Waals surface area (Å²) in [6.07, 6.45) is 1.75. The highest BCUT2D eigenvalue weighted by Gasteiger charge is 2.26. The number of hydrogen-bond acceptors (Lipinski definition) is 6. The van der Waals surface area contributed by atoms with Crippen LogP contribution in [0.4, 0.5) is 11.4 Å². The number of carbonyl (C=O) groups is 1. The second-order valence-corrected chi connectivity index (χ2v) is 10.3. The molecular formula is C28H27N5OS. The van der Waals surface area contributed by atoms with Crippen LogP contribution in [0.15, 0.2) is 77.8 Å². The second-order valence-electron chi connectivity index (χ2n) is 9.20. The van der Waals surface area contributed by atoms with Gasteiger partial charge in [0, 0.05) is 34.9 Å². The molecular weight excluding hydrogens is 454 g/mol. The zero-order chi connectivity index (χ0) is 23.8. The van der Waals surface area contributed by atoms with Gasteiger partial charge in [-0.25, -0.2) is 4.99 Å². The Balaban J connectivity index is 1.21. The van der Waals surface area contributed by atoms with Crippen molar-refractivity contribution < 1.29 is 4.79 Å². The number of nitrogens with zero attached hydrogens (tertiary/aromatic N) is 2. The number of benzene rings is 3. The van der Waals surface area contributed by atoms with E-state index in [1.54, 1.807) is 11.3 Å². The Labute approximate surface area is 208 Å². The van der Waals surface area contributed by atoms with E-state index in [4.69, 9.17) is 10.7 Å². The Bertz CT molecular complexity index is 1430. The first kappa shape index (κ1) is 21.8. The fraction of sp³-hybridized carbons (Fsp3) is 0.214. The van der Waals surface area contributed by atoms with Crippen LogP contribution in [0.25, 0.3) is 10.1 Å². The molecule has 6 nitrogen and oxygen atoms in total. The third kappa shape index (κ3) is 4.52. The molecule has 4 N–H and O–H groups in total. The van der Waals surface area contributed by atoms with Gasteiger partial charge in [-0.05, 0) is 53.8 Å². The maximum Gasteiger partial charge on any atom is 0.264 e. The normalized spacial score (nSPS) is 17.1. The average molecular weight is 482 g/mol. The standard InChI is InChI=1S/C28H27N5OS/c29-21-11-12-33(17-21)27(34)25-15-23-24(35-25)10-9-20-16-30-28(32-26(20)23)31-22-8-4-7-19(14-22)13-18-5-2-1-3-6-18/h1-10,14-15,21H,11-13,16-17,29H2,(H2,30,31,32). The quantitative estimate of drug-likeness (QED) is 0.381. The van der Waals surface area contributed by atoms with E-state index in [2.05, 4.69) is 71.3 Å². The number of guanidine groups is 1. The molecule has 7 heteroatoms. The maximum atomic E-state index is 13.0. The minimum Gasteiger partial charge on any atom is -0.336 e. The van der Waals surface area contributed by atoms with Gasteiger partial charge in [-0.3, -0.25) is 4.79 Å². The minimum absolute atomic E-state index is 0.0750. The Morgan fingerprint density at radius 1 is 1.09 bits per heavy atom. The zero-order valence-electron chi connectivity index (χ0n) is 19.3. The summed E-state index contributed by atoms with van der Waals surface area (Å²) < 4.78 is 1.09. The van der Waals surface area contributed by atoms with E-state index in [1.807, 2.05) is 17.0 Å². The highest BCUT2D eigenvalue weighted by molar-refractivity contribution is 7.20. The van der Waals surface area contributed by atoms with Gasteiger partial charge in [0.15, 0.2) is 0 Å². The summed E-state index contributed by atoms with van der Waals surface area (Å²) in [6.45, 7) is 1.95. The van der Waals surface area contributed by atoms with E-state index in [-0.39, 0.29) is 11.9 Å². The lowest BCUT2D eigenvalue weighted by atomic mass is 10.0. The predicted octanol–water partition coefficient (Wildman–Crippen LogP) is 5.06. The number of amides is 1. The van der Waals surface area contributed by atoms with E-state index < -0.39 is 0 Å².